The number of halogens is 4. The molecule has 9 nitrogen and oxygen atoms in total. The molecule has 0 unspecified atom stereocenters. The zero-order chi connectivity index (χ0) is 26.9. The fourth-order valence-corrected chi connectivity index (χ4v) is 4.50. The lowest BCUT2D eigenvalue weighted by Gasteiger charge is -2.27. The first kappa shape index (κ1) is 25.7. The molecule has 1 aliphatic rings. The highest BCUT2D eigenvalue weighted by atomic mass is 32.1. The van der Waals surface area contributed by atoms with Gasteiger partial charge >= 0.3 is 6.18 Å². The molecular formula is C24H22F4N8OS. The highest BCUT2D eigenvalue weighted by Gasteiger charge is 2.31. The lowest BCUT2D eigenvalue weighted by molar-refractivity contribution is -0.137. The van der Waals surface area contributed by atoms with Crippen LogP contribution in [0.5, 0.6) is 0 Å². The molecule has 5 rings (SSSR count). The van der Waals surface area contributed by atoms with Gasteiger partial charge in [0.2, 0.25) is 0 Å². The second-order valence-electron chi connectivity index (χ2n) is 8.59. The molecule has 0 bridgehead atoms. The molecule has 0 spiro atoms. The third kappa shape index (κ3) is 5.65. The molecular weight excluding hydrogens is 524 g/mol. The maximum absolute atomic E-state index is 14.4. The molecule has 198 valence electrons. The molecule has 1 aliphatic heterocycles. The van der Waals surface area contributed by atoms with Gasteiger partial charge in [0, 0.05) is 38.6 Å². The average molecular weight is 547 g/mol. The van der Waals surface area contributed by atoms with Crippen molar-refractivity contribution in [1.82, 2.24) is 25.1 Å². The van der Waals surface area contributed by atoms with E-state index in [-0.39, 0.29) is 17.3 Å². The van der Waals surface area contributed by atoms with E-state index in [2.05, 4.69) is 30.5 Å². The van der Waals surface area contributed by atoms with E-state index in [1.807, 2.05) is 0 Å². The Labute approximate surface area is 219 Å². The first-order valence-electron chi connectivity index (χ1n) is 11.5. The summed E-state index contributed by atoms with van der Waals surface area (Å²) in [5.41, 5.74) is 0.943. The van der Waals surface area contributed by atoms with Crippen molar-refractivity contribution in [3.63, 3.8) is 0 Å². The molecule has 14 heteroatoms. The number of nitrogens with zero attached hydrogens (tertiary/aromatic N) is 7. The van der Waals surface area contributed by atoms with Gasteiger partial charge in [-0.3, -0.25) is 4.98 Å². The Kier molecular flexibility index (Phi) is 7.08. The maximum atomic E-state index is 14.4. The number of hydrogen-bond donors (Lipinski definition) is 1. The summed E-state index contributed by atoms with van der Waals surface area (Å²) in [7, 11) is 3.35. The summed E-state index contributed by atoms with van der Waals surface area (Å²) in [5, 5.41) is 12.2. The van der Waals surface area contributed by atoms with Crippen molar-refractivity contribution in [2.45, 2.75) is 6.18 Å². The highest BCUT2D eigenvalue weighted by Crippen LogP contribution is 2.35. The smallest absolute Gasteiger partial charge is 0.378 e. The number of nitrogens with one attached hydrogen (secondary N) is 1. The largest absolute Gasteiger partial charge is 0.416 e. The van der Waals surface area contributed by atoms with Crippen molar-refractivity contribution in [2.24, 2.45) is 0 Å². The van der Waals surface area contributed by atoms with Crippen molar-refractivity contribution in [3.05, 3.63) is 54.1 Å². The molecule has 0 atom stereocenters. The molecule has 1 aromatic carbocycles. The summed E-state index contributed by atoms with van der Waals surface area (Å²) in [5.74, 6) is -0.0876. The summed E-state index contributed by atoms with van der Waals surface area (Å²) in [4.78, 5) is 16.2. The van der Waals surface area contributed by atoms with E-state index >= 15 is 0 Å². The van der Waals surface area contributed by atoms with Crippen LogP contribution >= 0.6 is 11.3 Å². The van der Waals surface area contributed by atoms with Crippen molar-refractivity contribution in [2.75, 3.05) is 55.5 Å². The van der Waals surface area contributed by atoms with E-state index < -0.39 is 17.6 Å². The standard InChI is InChI=1S/C24H22F4N8OS/c1-35(2)17-10-14(24(26,27)28)9-16(11-17)31-15-3-4-19(29-12-15)22-33-34-23(38-22)20-30-13-18(25)21(32-20)36-5-7-37-8-6-36/h3-4,9-13,31H,5-8H2,1-2H3. The topological polar surface area (TPSA) is 92.2 Å². The van der Waals surface area contributed by atoms with E-state index in [4.69, 9.17) is 4.74 Å². The number of alkyl halides is 3. The van der Waals surface area contributed by atoms with Crippen LogP contribution in [0.4, 0.5) is 40.4 Å². The van der Waals surface area contributed by atoms with Gasteiger partial charge in [0.25, 0.3) is 0 Å². The Balaban J connectivity index is 1.34. The van der Waals surface area contributed by atoms with Gasteiger partial charge in [-0.1, -0.05) is 11.3 Å². The molecule has 1 fully saturated rings. The second kappa shape index (κ2) is 10.5. The number of ether oxygens (including phenoxy) is 1. The van der Waals surface area contributed by atoms with Gasteiger partial charge < -0.3 is 19.9 Å². The maximum Gasteiger partial charge on any atom is 0.416 e. The Morgan fingerprint density at radius 2 is 1.74 bits per heavy atom. The van der Waals surface area contributed by atoms with Crippen LogP contribution < -0.4 is 15.1 Å². The van der Waals surface area contributed by atoms with Crippen LogP contribution in [0.1, 0.15) is 5.56 Å². The van der Waals surface area contributed by atoms with E-state index in [0.29, 0.717) is 53.4 Å². The van der Waals surface area contributed by atoms with Crippen molar-refractivity contribution < 1.29 is 22.3 Å². The molecule has 0 radical (unpaired) electrons. The van der Waals surface area contributed by atoms with Crippen LogP contribution in [0.25, 0.3) is 21.5 Å². The van der Waals surface area contributed by atoms with Crippen molar-refractivity contribution in [1.29, 1.82) is 0 Å². The normalized spacial score (nSPS) is 14.0. The van der Waals surface area contributed by atoms with Gasteiger partial charge in [0.15, 0.2) is 27.5 Å². The summed E-state index contributed by atoms with van der Waals surface area (Å²) in [6, 6.07) is 7.12. The predicted molar refractivity (Wildman–Crippen MR) is 136 cm³/mol. The highest BCUT2D eigenvalue weighted by molar-refractivity contribution is 7.17. The molecule has 0 aliphatic carbocycles. The van der Waals surface area contributed by atoms with Gasteiger partial charge in [-0.05, 0) is 30.3 Å². The van der Waals surface area contributed by atoms with Crippen molar-refractivity contribution in [3.8, 4) is 21.5 Å². The SMILES string of the molecule is CN(C)c1cc(Nc2ccc(-c3nnc(-c4ncc(F)c(N5CCOCC5)n4)s3)nc2)cc(C(F)(F)F)c1. The van der Waals surface area contributed by atoms with Gasteiger partial charge in [0.05, 0.1) is 36.9 Å². The summed E-state index contributed by atoms with van der Waals surface area (Å²) in [6.45, 7) is 2.03. The fourth-order valence-electron chi connectivity index (χ4n) is 3.74. The van der Waals surface area contributed by atoms with Crippen LogP contribution in [0.15, 0.2) is 42.7 Å². The van der Waals surface area contributed by atoms with E-state index in [0.717, 1.165) is 18.3 Å². The molecule has 3 aromatic heterocycles. The van der Waals surface area contributed by atoms with E-state index in [1.165, 1.54) is 17.5 Å². The third-order valence-corrected chi connectivity index (χ3v) is 6.63. The van der Waals surface area contributed by atoms with E-state index in [9.17, 15) is 17.6 Å². The van der Waals surface area contributed by atoms with Crippen LogP contribution in [0.2, 0.25) is 0 Å². The van der Waals surface area contributed by atoms with Crippen LogP contribution in [-0.4, -0.2) is 65.5 Å². The van der Waals surface area contributed by atoms with Gasteiger partial charge in [-0.25, -0.2) is 14.4 Å². The molecule has 4 heterocycles. The first-order valence-corrected chi connectivity index (χ1v) is 12.3. The summed E-state index contributed by atoms with van der Waals surface area (Å²) >= 11 is 1.19. The monoisotopic (exact) mass is 546 g/mol. The Morgan fingerprint density at radius 1 is 0.974 bits per heavy atom. The molecule has 0 amide bonds. The Bertz CT molecular complexity index is 1420. The number of aromatic nitrogens is 5. The second-order valence-corrected chi connectivity index (χ2v) is 9.57. The number of morpholine rings is 1. The zero-order valence-corrected chi connectivity index (χ0v) is 21.1. The minimum atomic E-state index is -4.47. The molecule has 1 saturated heterocycles. The lowest BCUT2D eigenvalue weighted by atomic mass is 10.1. The zero-order valence-electron chi connectivity index (χ0n) is 20.3. The van der Waals surface area contributed by atoms with Crippen molar-refractivity contribution >= 4 is 34.2 Å². The van der Waals surface area contributed by atoms with Gasteiger partial charge in [0.1, 0.15) is 5.69 Å². The lowest BCUT2D eigenvalue weighted by Crippen LogP contribution is -2.37. The van der Waals surface area contributed by atoms with Crippen LogP contribution in [0, 0.1) is 5.82 Å². The number of hydrogen-bond acceptors (Lipinski definition) is 10. The molecule has 38 heavy (non-hydrogen) atoms. The minimum Gasteiger partial charge on any atom is -0.378 e. The molecule has 0 saturated carbocycles. The first-order chi connectivity index (χ1) is 18.2. The number of benzene rings is 1. The Morgan fingerprint density at radius 3 is 2.42 bits per heavy atom. The summed E-state index contributed by atoms with van der Waals surface area (Å²) < 4.78 is 59.7. The Hall–Kier alpha value is -3.91. The van der Waals surface area contributed by atoms with E-state index in [1.54, 1.807) is 42.1 Å². The quantitative estimate of drug-likeness (QED) is 0.341. The molecule has 1 N–H and O–H groups in total. The minimum absolute atomic E-state index is 0.190. The van der Waals surface area contributed by atoms with Gasteiger partial charge in [-0.15, -0.1) is 10.2 Å². The number of rotatable bonds is 6. The van der Waals surface area contributed by atoms with Gasteiger partial charge in [-0.2, -0.15) is 13.2 Å². The average Bonchev–Trinajstić information content (AvgIpc) is 3.39. The summed E-state index contributed by atoms with van der Waals surface area (Å²) in [6.07, 6.45) is -1.86. The number of anilines is 4. The van der Waals surface area contributed by atoms with Crippen LogP contribution in [0.3, 0.4) is 0 Å². The fraction of sp³-hybridized carbons (Fsp3) is 0.292. The van der Waals surface area contributed by atoms with Crippen LogP contribution in [-0.2, 0) is 10.9 Å². The predicted octanol–water partition coefficient (Wildman–Crippen LogP) is 4.86. The number of pyridine rings is 1. The third-order valence-electron chi connectivity index (χ3n) is 5.69. The molecule has 4 aromatic rings.